The SMILES string of the molecule is CC(C)(C)NC(=O)[C@@H]1Cc2ccccc2CN1C(=O)CCc1nc(N)n[nH]1. The van der Waals surface area contributed by atoms with E-state index in [-0.39, 0.29) is 29.7 Å². The van der Waals surface area contributed by atoms with Gasteiger partial charge in [-0.1, -0.05) is 24.3 Å². The molecule has 1 aliphatic heterocycles. The van der Waals surface area contributed by atoms with Crippen LogP contribution in [0, 0.1) is 0 Å². The zero-order valence-electron chi connectivity index (χ0n) is 16.0. The van der Waals surface area contributed by atoms with Gasteiger partial charge in [-0.05, 0) is 31.9 Å². The van der Waals surface area contributed by atoms with Crippen LogP contribution in [0.15, 0.2) is 24.3 Å². The van der Waals surface area contributed by atoms with Crippen LogP contribution >= 0.6 is 0 Å². The van der Waals surface area contributed by atoms with E-state index in [1.165, 1.54) is 0 Å². The molecule has 0 saturated heterocycles. The van der Waals surface area contributed by atoms with E-state index in [1.807, 2.05) is 45.0 Å². The normalized spacial score (nSPS) is 16.7. The number of fused-ring (bicyclic) bond motifs is 1. The molecule has 0 saturated carbocycles. The van der Waals surface area contributed by atoms with Gasteiger partial charge in [0, 0.05) is 31.3 Å². The summed E-state index contributed by atoms with van der Waals surface area (Å²) in [4.78, 5) is 31.5. The van der Waals surface area contributed by atoms with Crippen molar-refractivity contribution in [1.82, 2.24) is 25.4 Å². The second-order valence-electron chi connectivity index (χ2n) is 7.89. The number of carbonyl (C=O) groups is 2. The summed E-state index contributed by atoms with van der Waals surface area (Å²) >= 11 is 0. The first kappa shape index (κ1) is 18.9. The highest BCUT2D eigenvalue weighted by Crippen LogP contribution is 2.25. The number of hydrogen-bond acceptors (Lipinski definition) is 5. The van der Waals surface area contributed by atoms with Crippen LogP contribution in [0.2, 0.25) is 0 Å². The fourth-order valence-electron chi connectivity index (χ4n) is 3.26. The Kier molecular flexibility index (Phi) is 5.16. The lowest BCUT2D eigenvalue weighted by atomic mass is 9.92. The second kappa shape index (κ2) is 7.38. The van der Waals surface area contributed by atoms with Crippen molar-refractivity contribution in [2.75, 3.05) is 5.73 Å². The molecule has 1 atom stereocenters. The predicted octanol–water partition coefficient (Wildman–Crippen LogP) is 1.19. The molecule has 0 unspecified atom stereocenters. The summed E-state index contributed by atoms with van der Waals surface area (Å²) in [5.41, 5.74) is 7.33. The van der Waals surface area contributed by atoms with E-state index < -0.39 is 6.04 Å². The topological polar surface area (TPSA) is 117 Å². The Labute approximate surface area is 158 Å². The first-order valence-electron chi connectivity index (χ1n) is 9.08. The standard InChI is InChI=1S/C19H26N6O2/c1-19(2,3)22-17(27)14-10-12-6-4-5-7-13(12)11-25(14)16(26)9-8-15-21-18(20)24-23-15/h4-7,14H,8-11H2,1-3H3,(H,22,27)(H3,20,21,23,24)/t14-/m0/s1. The minimum Gasteiger partial charge on any atom is -0.367 e. The van der Waals surface area contributed by atoms with Crippen molar-refractivity contribution in [3.05, 3.63) is 41.2 Å². The Balaban J connectivity index is 1.77. The van der Waals surface area contributed by atoms with Crippen LogP contribution in [-0.2, 0) is 29.0 Å². The highest BCUT2D eigenvalue weighted by Gasteiger charge is 2.35. The summed E-state index contributed by atoms with van der Waals surface area (Å²) in [6, 6.07) is 7.42. The number of H-pyrrole nitrogens is 1. The van der Waals surface area contributed by atoms with Gasteiger partial charge in [-0.2, -0.15) is 4.98 Å². The fourth-order valence-corrected chi connectivity index (χ4v) is 3.26. The molecule has 2 aromatic rings. The molecular formula is C19H26N6O2. The van der Waals surface area contributed by atoms with E-state index in [2.05, 4.69) is 20.5 Å². The van der Waals surface area contributed by atoms with Gasteiger partial charge in [0.15, 0.2) is 0 Å². The maximum absolute atomic E-state index is 12.9. The summed E-state index contributed by atoms with van der Waals surface area (Å²) < 4.78 is 0. The lowest BCUT2D eigenvalue weighted by Crippen LogP contribution is -2.56. The van der Waals surface area contributed by atoms with Crippen molar-refractivity contribution >= 4 is 17.8 Å². The highest BCUT2D eigenvalue weighted by atomic mass is 16.2. The van der Waals surface area contributed by atoms with Gasteiger partial charge < -0.3 is 16.0 Å². The molecule has 0 aliphatic carbocycles. The van der Waals surface area contributed by atoms with Crippen LogP contribution in [0.1, 0.15) is 44.1 Å². The van der Waals surface area contributed by atoms with E-state index in [9.17, 15) is 9.59 Å². The number of benzene rings is 1. The van der Waals surface area contributed by atoms with E-state index in [1.54, 1.807) is 4.90 Å². The largest absolute Gasteiger partial charge is 0.367 e. The maximum atomic E-state index is 12.9. The van der Waals surface area contributed by atoms with E-state index in [0.29, 0.717) is 25.2 Å². The monoisotopic (exact) mass is 370 g/mol. The van der Waals surface area contributed by atoms with Crippen LogP contribution in [0.4, 0.5) is 5.95 Å². The smallest absolute Gasteiger partial charge is 0.243 e. The molecular weight excluding hydrogens is 344 g/mol. The first-order chi connectivity index (χ1) is 12.7. The number of aryl methyl sites for hydroxylation is 1. The van der Waals surface area contributed by atoms with E-state index in [0.717, 1.165) is 11.1 Å². The molecule has 1 aromatic carbocycles. The number of hydrogen-bond donors (Lipinski definition) is 3. The molecule has 8 heteroatoms. The molecule has 27 heavy (non-hydrogen) atoms. The lowest BCUT2D eigenvalue weighted by molar-refractivity contribution is -0.142. The summed E-state index contributed by atoms with van der Waals surface area (Å²) in [5, 5.41) is 9.49. The molecule has 144 valence electrons. The van der Waals surface area contributed by atoms with Crippen molar-refractivity contribution in [3.8, 4) is 0 Å². The number of rotatable bonds is 4. The van der Waals surface area contributed by atoms with E-state index in [4.69, 9.17) is 5.73 Å². The van der Waals surface area contributed by atoms with Crippen molar-refractivity contribution in [2.24, 2.45) is 0 Å². The van der Waals surface area contributed by atoms with Crippen molar-refractivity contribution in [2.45, 2.75) is 58.2 Å². The molecule has 8 nitrogen and oxygen atoms in total. The van der Waals surface area contributed by atoms with Gasteiger partial charge in [0.05, 0.1) is 0 Å². The third kappa shape index (κ3) is 4.64. The maximum Gasteiger partial charge on any atom is 0.243 e. The summed E-state index contributed by atoms with van der Waals surface area (Å²) in [6.45, 7) is 6.22. The molecule has 2 heterocycles. The molecule has 1 aromatic heterocycles. The second-order valence-corrected chi connectivity index (χ2v) is 7.89. The zero-order chi connectivity index (χ0) is 19.6. The third-order valence-electron chi connectivity index (χ3n) is 4.49. The number of carbonyl (C=O) groups excluding carboxylic acids is 2. The number of anilines is 1. The van der Waals surface area contributed by atoms with Crippen molar-refractivity contribution in [3.63, 3.8) is 0 Å². The lowest BCUT2D eigenvalue weighted by Gasteiger charge is -2.37. The highest BCUT2D eigenvalue weighted by molar-refractivity contribution is 5.89. The van der Waals surface area contributed by atoms with Crippen LogP contribution in [0.25, 0.3) is 0 Å². The Morgan fingerprint density at radius 2 is 2.00 bits per heavy atom. The molecule has 0 fully saturated rings. The molecule has 2 amide bonds. The van der Waals surface area contributed by atoms with Gasteiger partial charge in [0.25, 0.3) is 0 Å². The number of nitrogen functional groups attached to an aromatic ring is 1. The quantitative estimate of drug-likeness (QED) is 0.747. The van der Waals surface area contributed by atoms with Crippen LogP contribution < -0.4 is 11.1 Å². The Bertz CT molecular complexity index is 839. The third-order valence-corrected chi connectivity index (χ3v) is 4.49. The molecule has 0 radical (unpaired) electrons. The Morgan fingerprint density at radius 1 is 1.30 bits per heavy atom. The minimum absolute atomic E-state index is 0.0893. The minimum atomic E-state index is -0.522. The van der Waals surface area contributed by atoms with Gasteiger partial charge in [-0.3, -0.25) is 14.7 Å². The van der Waals surface area contributed by atoms with Crippen LogP contribution in [0.5, 0.6) is 0 Å². The average Bonchev–Trinajstić information content (AvgIpc) is 3.02. The number of aromatic nitrogens is 3. The van der Waals surface area contributed by atoms with Gasteiger partial charge in [0.1, 0.15) is 11.9 Å². The summed E-state index contributed by atoms with van der Waals surface area (Å²) in [6.07, 6.45) is 1.14. The van der Waals surface area contributed by atoms with Gasteiger partial charge >= 0.3 is 0 Å². The number of amides is 2. The fraction of sp³-hybridized carbons (Fsp3) is 0.474. The number of nitrogens with zero attached hydrogens (tertiary/aromatic N) is 3. The number of aromatic amines is 1. The van der Waals surface area contributed by atoms with E-state index >= 15 is 0 Å². The molecule has 0 spiro atoms. The predicted molar refractivity (Wildman–Crippen MR) is 101 cm³/mol. The van der Waals surface area contributed by atoms with Gasteiger partial charge in [-0.15, -0.1) is 5.10 Å². The van der Waals surface area contributed by atoms with Gasteiger partial charge in [-0.25, -0.2) is 0 Å². The zero-order valence-corrected chi connectivity index (χ0v) is 16.0. The molecule has 0 bridgehead atoms. The van der Waals surface area contributed by atoms with Crippen molar-refractivity contribution in [1.29, 1.82) is 0 Å². The molecule has 4 N–H and O–H groups in total. The molecule has 3 rings (SSSR count). The molecule has 1 aliphatic rings. The Morgan fingerprint density at radius 3 is 2.63 bits per heavy atom. The summed E-state index contributed by atoms with van der Waals surface area (Å²) in [7, 11) is 0. The average molecular weight is 370 g/mol. The first-order valence-corrected chi connectivity index (χ1v) is 9.08. The van der Waals surface area contributed by atoms with Gasteiger partial charge in [0.2, 0.25) is 17.8 Å². The number of nitrogens with one attached hydrogen (secondary N) is 2. The number of nitrogens with two attached hydrogens (primary N) is 1. The summed E-state index contributed by atoms with van der Waals surface area (Å²) in [5.74, 6) is 0.503. The van der Waals surface area contributed by atoms with Crippen molar-refractivity contribution < 1.29 is 9.59 Å². The Hall–Kier alpha value is -2.90. The van der Waals surface area contributed by atoms with Crippen LogP contribution in [0.3, 0.4) is 0 Å². The van der Waals surface area contributed by atoms with Crippen LogP contribution in [-0.4, -0.2) is 43.5 Å².